The molecule has 0 spiro atoms. The van der Waals surface area contributed by atoms with Crippen LogP contribution in [-0.2, 0) is 6.18 Å². The molecule has 10 aromatic rings. The molecule has 0 unspecified atom stereocenters. The second-order valence-corrected chi connectivity index (χ2v) is 15.0. The molecule has 0 atom stereocenters. The third kappa shape index (κ3) is 6.18. The number of hydrogen-bond acceptors (Lipinski definition) is 7. The summed E-state index contributed by atoms with van der Waals surface area (Å²) in [6, 6.07) is 36.6. The van der Waals surface area contributed by atoms with Crippen molar-refractivity contribution in [3.63, 3.8) is 0 Å². The predicted octanol–water partition coefficient (Wildman–Crippen LogP) is 11.9. The maximum absolute atomic E-state index is 14.0. The Balaban J connectivity index is 1.36. The minimum Gasteiger partial charge on any atom is -0.308 e. The summed E-state index contributed by atoms with van der Waals surface area (Å²) in [5.74, 6) is 3.33. The molecule has 62 heavy (non-hydrogen) atoms. The molecular formula is C49H31F3N10. The van der Waals surface area contributed by atoms with E-state index in [4.69, 9.17) is 6.57 Å². The monoisotopic (exact) mass is 816 g/mol. The van der Waals surface area contributed by atoms with E-state index in [0.717, 1.165) is 66.9 Å². The second kappa shape index (κ2) is 14.2. The van der Waals surface area contributed by atoms with E-state index in [1.54, 1.807) is 6.07 Å². The second-order valence-electron chi connectivity index (χ2n) is 15.0. The number of fused-ring (bicyclic) bond motifs is 6. The highest BCUT2D eigenvalue weighted by molar-refractivity contribution is 6.13. The number of hydrogen-bond donors (Lipinski definition) is 0. The number of aromatic nitrogens is 8. The maximum Gasteiger partial charge on any atom is 0.416 e. The summed E-state index contributed by atoms with van der Waals surface area (Å²) in [7, 11) is 0. The average molecular weight is 817 g/mol. The molecule has 0 aliphatic carbocycles. The van der Waals surface area contributed by atoms with E-state index in [9.17, 15) is 18.4 Å². The van der Waals surface area contributed by atoms with Gasteiger partial charge in [-0.2, -0.15) is 18.4 Å². The van der Waals surface area contributed by atoms with Gasteiger partial charge in [0.2, 0.25) is 0 Å². The van der Waals surface area contributed by atoms with Gasteiger partial charge in [-0.25, -0.2) is 34.7 Å². The third-order valence-electron chi connectivity index (χ3n) is 11.0. The zero-order chi connectivity index (χ0) is 43.0. The molecule has 0 aliphatic rings. The fourth-order valence-corrected chi connectivity index (χ4v) is 8.51. The largest absolute Gasteiger partial charge is 0.416 e. The van der Waals surface area contributed by atoms with E-state index in [1.807, 2.05) is 125 Å². The van der Waals surface area contributed by atoms with Crippen molar-refractivity contribution in [2.75, 3.05) is 0 Å². The van der Waals surface area contributed by atoms with Gasteiger partial charge in [0.1, 0.15) is 23.3 Å². The zero-order valence-electron chi connectivity index (χ0n) is 33.6. The standard InChI is InChI=1S/C49H31F3N10/c1-26-55-27(2)58-47(57-26)30-14-17-37-35-10-6-8-12-41(35)61(43(37)21-30)45-23-39(34-19-16-33(49(50,51)52)20-32(34)25-53)40(54-5)24-46(45)62-42-13-9-7-11-36(42)38-18-15-31(22-44(38)62)48-59-28(3)56-29(4)60-48/h6-24H,1-4H3. The summed E-state index contributed by atoms with van der Waals surface area (Å²) in [6.07, 6.45) is -4.67. The Morgan fingerprint density at radius 2 is 1.00 bits per heavy atom. The maximum atomic E-state index is 14.0. The number of benzene rings is 6. The van der Waals surface area contributed by atoms with Gasteiger partial charge in [-0.05, 0) is 87.4 Å². The van der Waals surface area contributed by atoms with Gasteiger partial charge >= 0.3 is 6.18 Å². The highest BCUT2D eigenvalue weighted by Gasteiger charge is 2.32. The molecule has 0 N–H and O–H groups in total. The van der Waals surface area contributed by atoms with Gasteiger partial charge in [-0.15, -0.1) is 0 Å². The normalized spacial score (nSPS) is 11.8. The van der Waals surface area contributed by atoms with E-state index in [1.165, 1.54) is 6.07 Å². The van der Waals surface area contributed by atoms with Gasteiger partial charge in [0.05, 0.1) is 57.2 Å². The first kappa shape index (κ1) is 37.9. The Morgan fingerprint density at radius 1 is 0.532 bits per heavy atom. The minimum absolute atomic E-state index is 0.142. The lowest BCUT2D eigenvalue weighted by atomic mass is 9.95. The zero-order valence-corrected chi connectivity index (χ0v) is 33.6. The van der Waals surface area contributed by atoms with Crippen LogP contribution < -0.4 is 0 Å². The number of alkyl halides is 3. The van der Waals surface area contributed by atoms with Crippen LogP contribution in [0.4, 0.5) is 18.9 Å². The molecule has 298 valence electrons. The van der Waals surface area contributed by atoms with Crippen molar-refractivity contribution in [2.45, 2.75) is 33.9 Å². The Labute approximate surface area is 352 Å². The number of rotatable bonds is 5. The molecule has 13 heteroatoms. The fraction of sp³-hybridized carbons (Fsp3) is 0.102. The predicted molar refractivity (Wildman–Crippen MR) is 233 cm³/mol. The summed E-state index contributed by atoms with van der Waals surface area (Å²) >= 11 is 0. The summed E-state index contributed by atoms with van der Waals surface area (Å²) in [4.78, 5) is 31.4. The molecule has 10 nitrogen and oxygen atoms in total. The molecule has 6 aromatic carbocycles. The molecule has 4 aromatic heterocycles. The molecule has 0 fully saturated rings. The van der Waals surface area contributed by atoms with Crippen molar-refractivity contribution < 1.29 is 13.2 Å². The number of nitrogens with zero attached hydrogens (tertiary/aromatic N) is 10. The third-order valence-corrected chi connectivity index (χ3v) is 11.0. The topological polar surface area (TPSA) is 115 Å². The van der Waals surface area contributed by atoms with Crippen molar-refractivity contribution in [2.24, 2.45) is 0 Å². The Morgan fingerprint density at radius 3 is 1.47 bits per heavy atom. The van der Waals surface area contributed by atoms with Crippen molar-refractivity contribution >= 4 is 49.3 Å². The van der Waals surface area contributed by atoms with Crippen LogP contribution in [0.25, 0.3) is 93.7 Å². The van der Waals surface area contributed by atoms with Crippen molar-refractivity contribution in [3.05, 3.63) is 161 Å². The van der Waals surface area contributed by atoms with Crippen molar-refractivity contribution in [1.29, 1.82) is 5.26 Å². The van der Waals surface area contributed by atoms with Crippen molar-refractivity contribution in [3.8, 4) is 51.3 Å². The van der Waals surface area contributed by atoms with Crippen LogP contribution in [0.5, 0.6) is 0 Å². The van der Waals surface area contributed by atoms with Crippen molar-refractivity contribution in [1.82, 2.24) is 39.0 Å². The van der Waals surface area contributed by atoms with E-state index >= 15 is 0 Å². The van der Waals surface area contributed by atoms with Crippen LogP contribution in [-0.4, -0.2) is 39.0 Å². The molecule has 0 aliphatic heterocycles. The van der Waals surface area contributed by atoms with Gasteiger partial charge in [-0.3, -0.25) is 0 Å². The Hall–Kier alpha value is -8.29. The number of nitriles is 1. The number of para-hydroxylation sites is 2. The molecule has 0 saturated heterocycles. The van der Waals surface area contributed by atoms with Gasteiger partial charge in [0.15, 0.2) is 17.3 Å². The van der Waals surface area contributed by atoms with Crippen LogP contribution in [0.2, 0.25) is 0 Å². The first-order chi connectivity index (χ1) is 29.9. The van der Waals surface area contributed by atoms with Crippen LogP contribution in [0.1, 0.15) is 34.4 Å². The van der Waals surface area contributed by atoms with Gasteiger partial charge < -0.3 is 9.13 Å². The minimum atomic E-state index is -4.67. The van der Waals surface area contributed by atoms with Gasteiger partial charge in [0.25, 0.3) is 0 Å². The smallest absolute Gasteiger partial charge is 0.308 e. The van der Waals surface area contributed by atoms with Crippen LogP contribution in [0.15, 0.2) is 115 Å². The Kier molecular flexibility index (Phi) is 8.68. The quantitative estimate of drug-likeness (QED) is 0.159. The van der Waals surface area contributed by atoms with Crippen LogP contribution in [0, 0.1) is 45.6 Å². The van der Waals surface area contributed by atoms with Gasteiger partial charge in [0, 0.05) is 32.7 Å². The lowest BCUT2D eigenvalue weighted by Gasteiger charge is -2.20. The molecule has 0 bridgehead atoms. The lowest BCUT2D eigenvalue weighted by molar-refractivity contribution is -0.137. The fourth-order valence-electron chi connectivity index (χ4n) is 8.51. The molecule has 10 rings (SSSR count). The van der Waals surface area contributed by atoms with Crippen LogP contribution >= 0.6 is 0 Å². The summed E-state index contributed by atoms with van der Waals surface area (Å²) in [6.45, 7) is 15.8. The van der Waals surface area contributed by atoms with E-state index in [2.05, 4.69) is 43.9 Å². The summed E-state index contributed by atoms with van der Waals surface area (Å²) in [5.41, 5.74) is 5.44. The first-order valence-electron chi connectivity index (χ1n) is 19.5. The average Bonchev–Trinajstić information content (AvgIpc) is 3.76. The number of aryl methyl sites for hydroxylation is 4. The van der Waals surface area contributed by atoms with E-state index < -0.39 is 11.7 Å². The van der Waals surface area contributed by atoms with E-state index in [-0.39, 0.29) is 16.8 Å². The summed E-state index contributed by atoms with van der Waals surface area (Å²) in [5, 5.41) is 14.1. The Bertz CT molecular complexity index is 3570. The molecule has 0 saturated carbocycles. The van der Waals surface area contributed by atoms with E-state index in [0.29, 0.717) is 51.9 Å². The van der Waals surface area contributed by atoms with Crippen LogP contribution in [0.3, 0.4) is 0 Å². The highest BCUT2D eigenvalue weighted by atomic mass is 19.4. The molecule has 0 radical (unpaired) electrons. The van der Waals surface area contributed by atoms with Gasteiger partial charge in [-0.1, -0.05) is 66.7 Å². The summed E-state index contributed by atoms with van der Waals surface area (Å²) < 4.78 is 46.2. The molecular weight excluding hydrogens is 786 g/mol. The molecule has 4 heterocycles. The first-order valence-corrected chi connectivity index (χ1v) is 19.5. The number of halogens is 3. The molecule has 0 amide bonds. The SMILES string of the molecule is [C-]#[N+]c1cc(-n2c3ccccc3c3ccc(-c4nc(C)nc(C)n4)cc32)c(-n2c3ccccc3c3ccc(-c4nc(C)nc(C)n4)cc32)cc1-c1ccc(C(F)(F)F)cc1C#N. The lowest BCUT2D eigenvalue weighted by Crippen LogP contribution is -2.06. The highest BCUT2D eigenvalue weighted by Crippen LogP contribution is 2.45.